The Hall–Kier alpha value is -4.47. The molecule has 196 valence electrons. The van der Waals surface area contributed by atoms with Crippen LogP contribution in [0, 0.1) is 18.7 Å². The van der Waals surface area contributed by atoms with Crippen LogP contribution in [0.15, 0.2) is 73.1 Å². The molecular formula is C28H30FN7O2. The minimum atomic E-state index is -0.946. The molecule has 2 amide bonds. The Balaban J connectivity index is 1.69. The number of halogens is 1. The van der Waals surface area contributed by atoms with Crippen LogP contribution < -0.4 is 10.2 Å². The minimum absolute atomic E-state index is 0.261. The fourth-order valence-corrected chi connectivity index (χ4v) is 4.02. The van der Waals surface area contributed by atoms with E-state index in [-0.39, 0.29) is 24.1 Å². The lowest BCUT2D eigenvalue weighted by atomic mass is 10.0. The van der Waals surface area contributed by atoms with E-state index in [4.69, 9.17) is 0 Å². The number of hydrogen-bond acceptors (Lipinski definition) is 6. The maximum absolute atomic E-state index is 13.9. The quantitative estimate of drug-likeness (QED) is 0.341. The summed E-state index contributed by atoms with van der Waals surface area (Å²) in [5, 5.41) is 15.3. The Morgan fingerprint density at radius 2 is 1.74 bits per heavy atom. The number of anilines is 1. The second-order valence-electron chi connectivity index (χ2n) is 9.36. The van der Waals surface area contributed by atoms with Gasteiger partial charge in [0.15, 0.2) is 0 Å². The Morgan fingerprint density at radius 3 is 2.42 bits per heavy atom. The third-order valence-corrected chi connectivity index (χ3v) is 6.02. The van der Waals surface area contributed by atoms with Crippen molar-refractivity contribution in [2.75, 3.05) is 11.4 Å². The normalized spacial score (nSPS) is 11.8. The van der Waals surface area contributed by atoms with Crippen LogP contribution in [-0.4, -0.2) is 43.6 Å². The summed E-state index contributed by atoms with van der Waals surface area (Å²) in [7, 11) is 0. The first-order valence-electron chi connectivity index (χ1n) is 12.4. The van der Waals surface area contributed by atoms with Gasteiger partial charge in [0.2, 0.25) is 11.7 Å². The van der Waals surface area contributed by atoms with Gasteiger partial charge in [-0.2, -0.15) is 4.80 Å². The maximum Gasteiger partial charge on any atom is 0.251 e. The number of nitrogens with one attached hydrogen (secondary N) is 1. The highest BCUT2D eigenvalue weighted by molar-refractivity contribution is 6.01. The van der Waals surface area contributed by atoms with Gasteiger partial charge in [-0.15, -0.1) is 10.2 Å². The van der Waals surface area contributed by atoms with Gasteiger partial charge in [0.05, 0.1) is 0 Å². The number of tetrazole rings is 1. The summed E-state index contributed by atoms with van der Waals surface area (Å²) in [6.07, 6.45) is 4.00. The van der Waals surface area contributed by atoms with E-state index in [1.54, 1.807) is 36.7 Å². The van der Waals surface area contributed by atoms with Gasteiger partial charge in [-0.3, -0.25) is 19.5 Å². The highest BCUT2D eigenvalue weighted by Crippen LogP contribution is 2.30. The van der Waals surface area contributed by atoms with Crippen LogP contribution in [-0.2, 0) is 16.1 Å². The molecule has 2 aromatic carbocycles. The summed E-state index contributed by atoms with van der Waals surface area (Å²) in [6.45, 7) is 6.28. The fourth-order valence-electron chi connectivity index (χ4n) is 4.02. The number of nitrogens with zero attached hydrogens (tertiary/aromatic N) is 6. The number of rotatable bonds is 10. The molecule has 1 unspecified atom stereocenters. The Kier molecular flexibility index (Phi) is 8.52. The Labute approximate surface area is 220 Å². The number of para-hydroxylation sites is 1. The van der Waals surface area contributed by atoms with Crippen molar-refractivity contribution in [1.29, 1.82) is 0 Å². The number of aryl methyl sites for hydroxylation is 1. The van der Waals surface area contributed by atoms with Crippen molar-refractivity contribution in [3.05, 3.63) is 90.0 Å². The molecule has 2 aromatic heterocycles. The number of carbonyl (C=O) groups is 2. The number of hydrogen-bond donors (Lipinski definition) is 1. The molecule has 0 radical (unpaired) electrons. The van der Waals surface area contributed by atoms with Crippen molar-refractivity contribution in [1.82, 2.24) is 30.5 Å². The molecule has 0 fully saturated rings. The molecule has 4 rings (SSSR count). The van der Waals surface area contributed by atoms with E-state index in [2.05, 4.69) is 39.6 Å². The second kappa shape index (κ2) is 12.2. The number of benzene rings is 2. The van der Waals surface area contributed by atoms with E-state index >= 15 is 0 Å². The third-order valence-electron chi connectivity index (χ3n) is 6.02. The summed E-state index contributed by atoms with van der Waals surface area (Å²) in [5.74, 6) is -0.399. The Morgan fingerprint density at radius 1 is 1.03 bits per heavy atom. The lowest BCUT2D eigenvalue weighted by molar-refractivity contribution is -0.127. The van der Waals surface area contributed by atoms with Gasteiger partial charge >= 0.3 is 0 Å². The van der Waals surface area contributed by atoms with E-state index < -0.39 is 11.9 Å². The van der Waals surface area contributed by atoms with E-state index in [1.165, 1.54) is 21.8 Å². The van der Waals surface area contributed by atoms with Gasteiger partial charge in [-0.25, -0.2) is 4.39 Å². The van der Waals surface area contributed by atoms with Crippen LogP contribution in [0.3, 0.4) is 0 Å². The Bertz CT molecular complexity index is 1370. The van der Waals surface area contributed by atoms with Gasteiger partial charge in [-0.1, -0.05) is 32.0 Å². The largest absolute Gasteiger partial charge is 0.354 e. The smallest absolute Gasteiger partial charge is 0.251 e. The molecule has 0 bridgehead atoms. The maximum atomic E-state index is 13.9. The predicted octanol–water partition coefficient (Wildman–Crippen LogP) is 4.12. The SMILES string of the molecule is Cc1ccccc1N(C(=O)Cn1nnc(-c2ccc(F)cc2)n1)C(C(=O)NCCC(C)C)c1ccncc1. The van der Waals surface area contributed by atoms with Crippen LogP contribution in [0.25, 0.3) is 11.4 Å². The van der Waals surface area contributed by atoms with Crippen molar-refractivity contribution in [2.45, 2.75) is 39.8 Å². The fraction of sp³-hybridized carbons (Fsp3) is 0.286. The van der Waals surface area contributed by atoms with Crippen molar-refractivity contribution in [3.8, 4) is 11.4 Å². The van der Waals surface area contributed by atoms with E-state index in [0.717, 1.165) is 12.0 Å². The summed E-state index contributed by atoms with van der Waals surface area (Å²) in [4.78, 5) is 34.3. The van der Waals surface area contributed by atoms with Crippen LogP contribution in [0.4, 0.5) is 10.1 Å². The zero-order chi connectivity index (χ0) is 27.1. The molecule has 0 aliphatic heterocycles. The van der Waals surface area contributed by atoms with Gasteiger partial charge in [-0.05, 0) is 78.1 Å². The van der Waals surface area contributed by atoms with Gasteiger partial charge in [0, 0.05) is 30.2 Å². The molecule has 1 atom stereocenters. The topological polar surface area (TPSA) is 106 Å². The molecule has 0 saturated carbocycles. The van der Waals surface area contributed by atoms with Crippen LogP contribution in [0.1, 0.15) is 37.4 Å². The molecule has 38 heavy (non-hydrogen) atoms. The summed E-state index contributed by atoms with van der Waals surface area (Å²) in [5.41, 5.74) is 2.61. The molecule has 9 nitrogen and oxygen atoms in total. The first-order chi connectivity index (χ1) is 18.3. The first-order valence-corrected chi connectivity index (χ1v) is 12.4. The highest BCUT2D eigenvalue weighted by Gasteiger charge is 2.34. The van der Waals surface area contributed by atoms with Crippen LogP contribution >= 0.6 is 0 Å². The van der Waals surface area contributed by atoms with Crippen molar-refractivity contribution < 1.29 is 14.0 Å². The highest BCUT2D eigenvalue weighted by atomic mass is 19.1. The standard InChI is InChI=1S/C28H30FN7O2/c1-19(2)12-17-31-28(38)26(21-13-15-30-16-14-21)36(24-7-5-4-6-20(24)3)25(37)18-35-33-27(32-34-35)22-8-10-23(29)11-9-22/h4-11,13-16,19,26H,12,17-18H2,1-3H3,(H,31,38). The van der Waals surface area contributed by atoms with Gasteiger partial charge in [0.25, 0.3) is 5.91 Å². The van der Waals surface area contributed by atoms with Crippen LogP contribution in [0.5, 0.6) is 0 Å². The van der Waals surface area contributed by atoms with Gasteiger partial charge in [0.1, 0.15) is 18.4 Å². The van der Waals surface area contributed by atoms with Crippen molar-refractivity contribution >= 4 is 17.5 Å². The predicted molar refractivity (Wildman–Crippen MR) is 141 cm³/mol. The average Bonchev–Trinajstić information content (AvgIpc) is 3.36. The zero-order valence-corrected chi connectivity index (χ0v) is 21.6. The molecule has 4 aromatic rings. The second-order valence-corrected chi connectivity index (χ2v) is 9.36. The molecule has 0 aliphatic carbocycles. The van der Waals surface area contributed by atoms with E-state index in [1.807, 2.05) is 31.2 Å². The monoisotopic (exact) mass is 515 g/mol. The minimum Gasteiger partial charge on any atom is -0.354 e. The van der Waals surface area contributed by atoms with E-state index in [0.29, 0.717) is 29.3 Å². The number of carbonyl (C=O) groups excluding carboxylic acids is 2. The molecule has 0 spiro atoms. The number of aromatic nitrogens is 5. The lowest BCUT2D eigenvalue weighted by Crippen LogP contribution is -2.46. The molecule has 2 heterocycles. The number of pyridine rings is 1. The van der Waals surface area contributed by atoms with Crippen molar-refractivity contribution in [3.63, 3.8) is 0 Å². The third kappa shape index (κ3) is 6.44. The first kappa shape index (κ1) is 26.6. The average molecular weight is 516 g/mol. The summed E-state index contributed by atoms with van der Waals surface area (Å²) < 4.78 is 13.3. The lowest BCUT2D eigenvalue weighted by Gasteiger charge is -2.32. The van der Waals surface area contributed by atoms with Gasteiger partial charge < -0.3 is 5.32 Å². The van der Waals surface area contributed by atoms with Crippen LogP contribution in [0.2, 0.25) is 0 Å². The summed E-state index contributed by atoms with van der Waals surface area (Å²) in [6, 6.07) is 15.6. The molecule has 10 heteroatoms. The molecule has 0 saturated heterocycles. The molecule has 1 N–H and O–H groups in total. The molecule has 0 aliphatic rings. The number of amides is 2. The van der Waals surface area contributed by atoms with Crippen molar-refractivity contribution in [2.24, 2.45) is 5.92 Å². The zero-order valence-electron chi connectivity index (χ0n) is 21.6. The summed E-state index contributed by atoms with van der Waals surface area (Å²) >= 11 is 0. The molecular weight excluding hydrogens is 485 g/mol. The van der Waals surface area contributed by atoms with E-state index in [9.17, 15) is 14.0 Å².